The van der Waals surface area contributed by atoms with E-state index >= 15 is 0 Å². The van der Waals surface area contributed by atoms with Crippen molar-refractivity contribution in [2.45, 2.75) is 51.6 Å². The molecule has 3 rings (SSSR count). The molecule has 0 atom stereocenters. The molecule has 1 saturated carbocycles. The van der Waals surface area contributed by atoms with Crippen molar-refractivity contribution in [2.24, 2.45) is 0 Å². The second-order valence-corrected chi connectivity index (χ2v) is 6.83. The Morgan fingerprint density at radius 1 is 1.29 bits per heavy atom. The zero-order chi connectivity index (χ0) is 16.9. The quantitative estimate of drug-likeness (QED) is 0.864. The molecule has 0 bridgehead atoms. The van der Waals surface area contributed by atoms with Crippen LogP contribution in [-0.4, -0.2) is 21.9 Å². The number of anilines is 1. The van der Waals surface area contributed by atoms with Gasteiger partial charge in [-0.25, -0.2) is 4.79 Å². The molecule has 5 nitrogen and oxygen atoms in total. The Kier molecular flexibility index (Phi) is 5.41. The van der Waals surface area contributed by atoms with E-state index in [2.05, 4.69) is 15.7 Å². The summed E-state index contributed by atoms with van der Waals surface area (Å²) < 4.78 is 1.86. The Hall–Kier alpha value is -2.01. The Balaban J connectivity index is 1.60. The summed E-state index contributed by atoms with van der Waals surface area (Å²) in [5.41, 5.74) is 2.06. The molecule has 1 fully saturated rings. The maximum atomic E-state index is 12.1. The number of carbonyl (C=O) groups is 1. The van der Waals surface area contributed by atoms with E-state index in [9.17, 15) is 4.79 Å². The van der Waals surface area contributed by atoms with Gasteiger partial charge >= 0.3 is 6.03 Å². The highest BCUT2D eigenvalue weighted by Gasteiger charge is 2.16. The molecule has 0 saturated heterocycles. The summed E-state index contributed by atoms with van der Waals surface area (Å²) in [5, 5.41) is 11.1. The molecule has 1 aromatic carbocycles. The summed E-state index contributed by atoms with van der Waals surface area (Å²) in [6.45, 7) is 2.60. The predicted octanol–water partition coefficient (Wildman–Crippen LogP) is 4.35. The number of nitrogens with one attached hydrogen (secondary N) is 2. The van der Waals surface area contributed by atoms with Crippen LogP contribution in [0.5, 0.6) is 0 Å². The van der Waals surface area contributed by atoms with Crippen LogP contribution in [0.2, 0.25) is 5.02 Å². The van der Waals surface area contributed by atoms with Crippen LogP contribution in [0.15, 0.2) is 30.3 Å². The van der Waals surface area contributed by atoms with Gasteiger partial charge in [0.2, 0.25) is 0 Å². The lowest BCUT2D eigenvalue weighted by molar-refractivity contribution is 0.244. The zero-order valence-electron chi connectivity index (χ0n) is 13.9. The lowest BCUT2D eigenvalue weighted by Crippen LogP contribution is -2.39. The molecule has 1 aromatic heterocycles. The molecule has 128 valence electrons. The van der Waals surface area contributed by atoms with Gasteiger partial charge < -0.3 is 5.32 Å². The summed E-state index contributed by atoms with van der Waals surface area (Å²) in [7, 11) is 0. The number of hydrogen-bond acceptors (Lipinski definition) is 2. The SMILES string of the molecule is Cc1cc(NC(=O)NC2CCCCC2)nn1Cc1cccc(Cl)c1. The van der Waals surface area contributed by atoms with Gasteiger partial charge in [-0.05, 0) is 37.5 Å². The highest BCUT2D eigenvalue weighted by Crippen LogP contribution is 2.18. The number of urea groups is 1. The van der Waals surface area contributed by atoms with Crippen molar-refractivity contribution in [3.63, 3.8) is 0 Å². The van der Waals surface area contributed by atoms with E-state index in [4.69, 9.17) is 11.6 Å². The fourth-order valence-electron chi connectivity index (χ4n) is 3.12. The molecule has 1 heterocycles. The number of benzene rings is 1. The highest BCUT2D eigenvalue weighted by atomic mass is 35.5. The van der Waals surface area contributed by atoms with E-state index in [0.717, 1.165) is 24.1 Å². The summed E-state index contributed by atoms with van der Waals surface area (Å²) in [6, 6.07) is 9.70. The Labute approximate surface area is 147 Å². The minimum absolute atomic E-state index is 0.172. The zero-order valence-corrected chi connectivity index (χ0v) is 14.6. The lowest BCUT2D eigenvalue weighted by Gasteiger charge is -2.22. The van der Waals surface area contributed by atoms with Gasteiger partial charge in [-0.1, -0.05) is 43.0 Å². The predicted molar refractivity (Wildman–Crippen MR) is 96.5 cm³/mol. The normalized spacial score (nSPS) is 15.2. The Morgan fingerprint density at radius 2 is 2.08 bits per heavy atom. The second kappa shape index (κ2) is 7.71. The molecule has 24 heavy (non-hydrogen) atoms. The van der Waals surface area contributed by atoms with Gasteiger partial charge in [0.05, 0.1) is 6.54 Å². The fourth-order valence-corrected chi connectivity index (χ4v) is 3.34. The van der Waals surface area contributed by atoms with Crippen LogP contribution < -0.4 is 10.6 Å². The Morgan fingerprint density at radius 3 is 2.83 bits per heavy atom. The standard InChI is InChI=1S/C18H23ClN4O/c1-13-10-17(21-18(24)20-16-8-3-2-4-9-16)22-23(13)12-14-6-5-7-15(19)11-14/h5-7,10-11,16H,2-4,8-9,12H2,1H3,(H2,20,21,22,24). The van der Waals surface area contributed by atoms with Gasteiger partial charge in [0.25, 0.3) is 0 Å². The maximum absolute atomic E-state index is 12.1. The van der Waals surface area contributed by atoms with Crippen LogP contribution in [0.3, 0.4) is 0 Å². The molecule has 2 N–H and O–H groups in total. The van der Waals surface area contributed by atoms with Gasteiger partial charge in [-0.15, -0.1) is 0 Å². The van der Waals surface area contributed by atoms with E-state index in [1.54, 1.807) is 0 Å². The molecular formula is C18H23ClN4O. The molecule has 2 aromatic rings. The van der Waals surface area contributed by atoms with E-state index in [1.807, 2.05) is 41.9 Å². The second-order valence-electron chi connectivity index (χ2n) is 6.39. The molecule has 1 aliphatic rings. The van der Waals surface area contributed by atoms with Crippen LogP contribution in [0.1, 0.15) is 43.4 Å². The van der Waals surface area contributed by atoms with Crippen molar-refractivity contribution in [1.29, 1.82) is 0 Å². The molecule has 0 radical (unpaired) electrons. The van der Waals surface area contributed by atoms with Crippen LogP contribution >= 0.6 is 11.6 Å². The lowest BCUT2D eigenvalue weighted by atomic mass is 9.96. The van der Waals surface area contributed by atoms with E-state index in [1.165, 1.54) is 19.3 Å². The molecule has 2 amide bonds. The summed E-state index contributed by atoms with van der Waals surface area (Å²) in [6.07, 6.45) is 5.79. The van der Waals surface area contributed by atoms with Gasteiger partial charge in [0, 0.05) is 22.8 Å². The number of amides is 2. The maximum Gasteiger partial charge on any atom is 0.320 e. The number of hydrogen-bond donors (Lipinski definition) is 2. The molecule has 1 aliphatic carbocycles. The van der Waals surface area contributed by atoms with Crippen molar-refractivity contribution in [3.8, 4) is 0 Å². The molecule has 0 unspecified atom stereocenters. The van der Waals surface area contributed by atoms with Crippen LogP contribution in [-0.2, 0) is 6.54 Å². The van der Waals surface area contributed by atoms with Crippen molar-refractivity contribution >= 4 is 23.4 Å². The summed E-state index contributed by atoms with van der Waals surface area (Å²) >= 11 is 6.02. The first-order chi connectivity index (χ1) is 11.6. The van der Waals surface area contributed by atoms with Crippen molar-refractivity contribution < 1.29 is 4.79 Å². The average molecular weight is 347 g/mol. The van der Waals surface area contributed by atoms with Crippen molar-refractivity contribution in [2.75, 3.05) is 5.32 Å². The number of aromatic nitrogens is 2. The van der Waals surface area contributed by atoms with Crippen molar-refractivity contribution in [1.82, 2.24) is 15.1 Å². The van der Waals surface area contributed by atoms with Gasteiger partial charge in [-0.3, -0.25) is 10.00 Å². The average Bonchev–Trinajstić information content (AvgIpc) is 2.87. The first-order valence-electron chi connectivity index (χ1n) is 8.46. The number of halogens is 1. The van der Waals surface area contributed by atoms with Gasteiger partial charge in [-0.2, -0.15) is 5.10 Å². The van der Waals surface area contributed by atoms with E-state index < -0.39 is 0 Å². The molecular weight excluding hydrogens is 324 g/mol. The van der Waals surface area contributed by atoms with Crippen LogP contribution in [0.4, 0.5) is 10.6 Å². The van der Waals surface area contributed by atoms with Crippen LogP contribution in [0.25, 0.3) is 0 Å². The number of carbonyl (C=O) groups excluding carboxylic acids is 1. The summed E-state index contributed by atoms with van der Waals surface area (Å²) in [5.74, 6) is 0.572. The molecule has 6 heteroatoms. The van der Waals surface area contributed by atoms with Gasteiger partial charge in [0.1, 0.15) is 0 Å². The third-order valence-corrected chi connectivity index (χ3v) is 4.62. The van der Waals surface area contributed by atoms with Gasteiger partial charge in [0.15, 0.2) is 5.82 Å². The van der Waals surface area contributed by atoms with E-state index in [-0.39, 0.29) is 12.1 Å². The monoisotopic (exact) mass is 346 g/mol. The van der Waals surface area contributed by atoms with Crippen molar-refractivity contribution in [3.05, 3.63) is 46.6 Å². The topological polar surface area (TPSA) is 59.0 Å². The first kappa shape index (κ1) is 16.8. The minimum atomic E-state index is -0.172. The number of aryl methyl sites for hydroxylation is 1. The number of nitrogens with zero attached hydrogens (tertiary/aromatic N) is 2. The molecule has 0 aliphatic heterocycles. The summed E-state index contributed by atoms with van der Waals surface area (Å²) in [4.78, 5) is 12.1. The largest absolute Gasteiger partial charge is 0.335 e. The highest BCUT2D eigenvalue weighted by molar-refractivity contribution is 6.30. The third kappa shape index (κ3) is 4.51. The first-order valence-corrected chi connectivity index (χ1v) is 8.84. The molecule has 0 spiro atoms. The fraction of sp³-hybridized carbons (Fsp3) is 0.444. The third-order valence-electron chi connectivity index (χ3n) is 4.38. The van der Waals surface area contributed by atoms with Crippen LogP contribution in [0, 0.1) is 6.92 Å². The van der Waals surface area contributed by atoms with E-state index in [0.29, 0.717) is 17.4 Å². The smallest absolute Gasteiger partial charge is 0.320 e. The minimum Gasteiger partial charge on any atom is -0.335 e. The number of rotatable bonds is 4. The Bertz CT molecular complexity index is 707.